The lowest BCUT2D eigenvalue weighted by Gasteiger charge is -2.36. The highest BCUT2D eigenvalue weighted by Gasteiger charge is 2.23. The molecule has 2 atom stereocenters. The van der Waals surface area contributed by atoms with Crippen LogP contribution in [0.1, 0.15) is 34.1 Å². The molecule has 2 N–H and O–H groups in total. The molecular weight excluding hydrogens is 214 g/mol. The van der Waals surface area contributed by atoms with Gasteiger partial charge in [-0.25, -0.2) is 0 Å². The monoisotopic (exact) mass is 239 g/mol. The van der Waals surface area contributed by atoms with Gasteiger partial charge in [-0.2, -0.15) is 0 Å². The molecule has 0 heterocycles. The van der Waals surface area contributed by atoms with E-state index in [4.69, 9.17) is 5.11 Å². The van der Waals surface area contributed by atoms with Gasteiger partial charge in [0.2, 0.25) is 0 Å². The summed E-state index contributed by atoms with van der Waals surface area (Å²) in [6.07, 6.45) is 4.91. The minimum atomic E-state index is -0.540. The summed E-state index contributed by atoms with van der Waals surface area (Å²) in [4.78, 5) is 1.91. The Kier molecular flexibility index (Phi) is 5.22. The summed E-state index contributed by atoms with van der Waals surface area (Å²) in [5.74, 6) is 0.640. The molecule has 0 aromatic rings. The van der Waals surface area contributed by atoms with Gasteiger partial charge in [-0.15, -0.1) is 0 Å². The summed E-state index contributed by atoms with van der Waals surface area (Å²) in [5, 5.41) is 19.4. The van der Waals surface area contributed by atoms with Crippen LogP contribution in [0.3, 0.4) is 0 Å². The van der Waals surface area contributed by atoms with Gasteiger partial charge in [-0.3, -0.25) is 0 Å². The molecule has 0 fully saturated rings. The van der Waals surface area contributed by atoms with Crippen molar-refractivity contribution in [2.75, 3.05) is 13.2 Å². The fourth-order valence-electron chi connectivity index (χ4n) is 2.12. The number of hydrogen-bond acceptors (Lipinski definition) is 3. The topological polar surface area (TPSA) is 43.7 Å². The molecule has 0 bridgehead atoms. The Balaban J connectivity index is 2.93. The molecule has 3 heteroatoms. The zero-order valence-electron chi connectivity index (χ0n) is 11.3. The number of allylic oxidation sites excluding steroid dienone is 3. The second-order valence-corrected chi connectivity index (χ2v) is 5.23. The molecule has 1 rings (SSSR count). The minimum absolute atomic E-state index is 0.0583. The van der Waals surface area contributed by atoms with E-state index in [2.05, 4.69) is 26.0 Å². The minimum Gasteiger partial charge on any atom is -0.395 e. The molecule has 3 nitrogen and oxygen atoms in total. The van der Waals surface area contributed by atoms with Crippen LogP contribution in [-0.2, 0) is 0 Å². The summed E-state index contributed by atoms with van der Waals surface area (Å²) in [7, 11) is 0. The van der Waals surface area contributed by atoms with Crippen LogP contribution in [0.25, 0.3) is 0 Å². The first-order valence-corrected chi connectivity index (χ1v) is 6.42. The summed E-state index contributed by atoms with van der Waals surface area (Å²) in [6.45, 7) is 8.74. The van der Waals surface area contributed by atoms with Crippen molar-refractivity contribution in [2.45, 2.75) is 40.3 Å². The largest absolute Gasteiger partial charge is 0.395 e. The van der Waals surface area contributed by atoms with E-state index in [-0.39, 0.29) is 12.5 Å². The van der Waals surface area contributed by atoms with Crippen LogP contribution in [0.4, 0.5) is 0 Å². The zero-order valence-corrected chi connectivity index (χ0v) is 11.3. The number of hydrogen-bond donors (Lipinski definition) is 2. The van der Waals surface area contributed by atoms with E-state index in [1.165, 1.54) is 5.57 Å². The third-order valence-electron chi connectivity index (χ3n) is 3.21. The van der Waals surface area contributed by atoms with Crippen molar-refractivity contribution >= 4 is 0 Å². The molecular formula is C14H25NO2. The maximum absolute atomic E-state index is 10.2. The van der Waals surface area contributed by atoms with Crippen molar-refractivity contribution in [3.8, 4) is 0 Å². The maximum Gasteiger partial charge on any atom is 0.129 e. The molecule has 0 aromatic carbocycles. The third-order valence-corrected chi connectivity index (χ3v) is 3.21. The molecule has 0 radical (unpaired) electrons. The predicted molar refractivity (Wildman–Crippen MR) is 70.3 cm³/mol. The highest BCUT2D eigenvalue weighted by molar-refractivity contribution is 5.32. The SMILES string of the molecule is CC1=CCC(C)C=C1N(CCO)C(O)C(C)C. The van der Waals surface area contributed by atoms with Crippen LogP contribution >= 0.6 is 0 Å². The molecule has 1 aliphatic rings. The highest BCUT2D eigenvalue weighted by atomic mass is 16.3. The molecule has 0 aliphatic heterocycles. The second kappa shape index (κ2) is 6.22. The van der Waals surface area contributed by atoms with E-state index in [0.717, 1.165) is 12.1 Å². The molecule has 98 valence electrons. The van der Waals surface area contributed by atoms with Crippen molar-refractivity contribution in [3.63, 3.8) is 0 Å². The quantitative estimate of drug-likeness (QED) is 0.722. The van der Waals surface area contributed by atoms with Gasteiger partial charge in [0.05, 0.1) is 6.61 Å². The third kappa shape index (κ3) is 3.58. The Morgan fingerprint density at radius 1 is 1.47 bits per heavy atom. The van der Waals surface area contributed by atoms with Crippen LogP contribution in [0.5, 0.6) is 0 Å². The van der Waals surface area contributed by atoms with Crippen molar-refractivity contribution in [2.24, 2.45) is 11.8 Å². The molecule has 0 saturated heterocycles. The lowest BCUT2D eigenvalue weighted by Crippen LogP contribution is -2.40. The zero-order chi connectivity index (χ0) is 13.0. The van der Waals surface area contributed by atoms with E-state index in [1.807, 2.05) is 18.7 Å². The number of rotatable bonds is 5. The van der Waals surface area contributed by atoms with Gasteiger partial charge in [0, 0.05) is 12.2 Å². The Hall–Kier alpha value is -0.800. The van der Waals surface area contributed by atoms with Gasteiger partial charge >= 0.3 is 0 Å². The van der Waals surface area contributed by atoms with Crippen LogP contribution in [-0.4, -0.2) is 34.5 Å². The first kappa shape index (κ1) is 14.3. The molecule has 0 aromatic heterocycles. The van der Waals surface area contributed by atoms with Gasteiger partial charge in [0.25, 0.3) is 0 Å². The lowest BCUT2D eigenvalue weighted by molar-refractivity contribution is -0.0142. The van der Waals surface area contributed by atoms with Crippen molar-refractivity contribution in [1.29, 1.82) is 0 Å². The van der Waals surface area contributed by atoms with Gasteiger partial charge in [-0.1, -0.05) is 32.9 Å². The molecule has 0 amide bonds. The van der Waals surface area contributed by atoms with E-state index < -0.39 is 6.23 Å². The Bertz CT molecular complexity index is 307. The number of nitrogens with zero attached hydrogens (tertiary/aromatic N) is 1. The van der Waals surface area contributed by atoms with Crippen LogP contribution in [0, 0.1) is 11.8 Å². The number of aliphatic hydroxyl groups is 2. The first-order valence-electron chi connectivity index (χ1n) is 6.42. The summed E-state index contributed by atoms with van der Waals surface area (Å²) in [6, 6.07) is 0. The van der Waals surface area contributed by atoms with Crippen molar-refractivity contribution in [1.82, 2.24) is 4.90 Å². The van der Waals surface area contributed by atoms with Crippen LogP contribution < -0.4 is 0 Å². The smallest absolute Gasteiger partial charge is 0.129 e. The van der Waals surface area contributed by atoms with E-state index in [9.17, 15) is 5.11 Å². The summed E-state index contributed by atoms with van der Waals surface area (Å²) >= 11 is 0. The molecule has 0 saturated carbocycles. The fourth-order valence-corrected chi connectivity index (χ4v) is 2.12. The maximum atomic E-state index is 10.2. The predicted octanol–water partition coefficient (Wildman–Crippen LogP) is 2.13. The van der Waals surface area contributed by atoms with E-state index in [0.29, 0.717) is 12.5 Å². The first-order chi connectivity index (χ1) is 7.97. The average molecular weight is 239 g/mol. The molecule has 17 heavy (non-hydrogen) atoms. The van der Waals surface area contributed by atoms with E-state index in [1.54, 1.807) is 0 Å². The highest BCUT2D eigenvalue weighted by Crippen LogP contribution is 2.27. The molecule has 1 aliphatic carbocycles. The van der Waals surface area contributed by atoms with Gasteiger partial charge < -0.3 is 15.1 Å². The summed E-state index contributed by atoms with van der Waals surface area (Å²) in [5.41, 5.74) is 2.26. The van der Waals surface area contributed by atoms with Crippen LogP contribution in [0.15, 0.2) is 23.4 Å². The van der Waals surface area contributed by atoms with Crippen molar-refractivity contribution in [3.05, 3.63) is 23.4 Å². The normalized spacial score (nSPS) is 22.2. The second-order valence-electron chi connectivity index (χ2n) is 5.23. The van der Waals surface area contributed by atoms with Gasteiger partial charge in [0.1, 0.15) is 6.23 Å². The Labute approximate surface area is 104 Å². The molecule has 2 unspecified atom stereocenters. The van der Waals surface area contributed by atoms with E-state index >= 15 is 0 Å². The van der Waals surface area contributed by atoms with Gasteiger partial charge in [-0.05, 0) is 30.8 Å². The van der Waals surface area contributed by atoms with Gasteiger partial charge in [0.15, 0.2) is 0 Å². The summed E-state index contributed by atoms with van der Waals surface area (Å²) < 4.78 is 0. The fraction of sp³-hybridized carbons (Fsp3) is 0.714. The standard InChI is InChI=1S/C14H25NO2/c1-10(2)14(17)15(7-8-16)13-9-11(3)5-6-12(13)4/h6,9-11,14,16-17H,5,7-8H2,1-4H3. The number of aliphatic hydroxyl groups excluding tert-OH is 2. The van der Waals surface area contributed by atoms with Crippen LogP contribution in [0.2, 0.25) is 0 Å². The average Bonchev–Trinajstić information content (AvgIpc) is 2.28. The Morgan fingerprint density at radius 2 is 2.12 bits per heavy atom. The van der Waals surface area contributed by atoms with Crippen molar-refractivity contribution < 1.29 is 10.2 Å². The Morgan fingerprint density at radius 3 is 2.65 bits per heavy atom. The lowest BCUT2D eigenvalue weighted by atomic mass is 9.95. The molecule has 0 spiro atoms.